The molecule has 1 amide bonds. The van der Waals surface area contributed by atoms with Crippen LogP contribution in [0.5, 0.6) is 0 Å². The standard InChI is InChI=1S/C18H16N2O3/c1-20-6-5-16(18(20)23)17(22)15-8-14(9-19-10-15)13-4-2-3-12(7-13)11-21/h2-4,7-11,16H,5-6H2,1H3. The molecule has 1 fully saturated rings. The molecule has 1 saturated heterocycles. The van der Waals surface area contributed by atoms with E-state index in [9.17, 15) is 14.4 Å². The van der Waals surface area contributed by atoms with E-state index < -0.39 is 5.92 Å². The van der Waals surface area contributed by atoms with Gasteiger partial charge in [0.2, 0.25) is 5.91 Å². The number of aromatic nitrogens is 1. The van der Waals surface area contributed by atoms with Gasteiger partial charge in [0.05, 0.1) is 0 Å². The summed E-state index contributed by atoms with van der Waals surface area (Å²) in [5.74, 6) is -0.943. The Kier molecular flexibility index (Phi) is 4.02. The summed E-state index contributed by atoms with van der Waals surface area (Å²) in [6.45, 7) is 0.601. The predicted octanol–water partition coefficient (Wildman–Crippen LogP) is 2.22. The summed E-state index contributed by atoms with van der Waals surface area (Å²) < 4.78 is 0. The number of aldehydes is 1. The zero-order valence-corrected chi connectivity index (χ0v) is 12.7. The van der Waals surface area contributed by atoms with E-state index in [1.165, 1.54) is 6.20 Å². The van der Waals surface area contributed by atoms with Crippen molar-refractivity contribution in [3.05, 3.63) is 53.9 Å². The normalized spacial score (nSPS) is 17.3. The van der Waals surface area contributed by atoms with E-state index in [1.54, 1.807) is 42.4 Å². The van der Waals surface area contributed by atoms with Crippen LogP contribution in [0.1, 0.15) is 27.1 Å². The highest BCUT2D eigenvalue weighted by atomic mass is 16.2. The lowest BCUT2D eigenvalue weighted by atomic mass is 9.95. The van der Waals surface area contributed by atoms with Crippen LogP contribution in [0.3, 0.4) is 0 Å². The van der Waals surface area contributed by atoms with Gasteiger partial charge in [-0.2, -0.15) is 0 Å². The highest BCUT2D eigenvalue weighted by Gasteiger charge is 2.35. The van der Waals surface area contributed by atoms with Crippen molar-refractivity contribution in [2.24, 2.45) is 5.92 Å². The number of carbonyl (C=O) groups excluding carboxylic acids is 3. The van der Waals surface area contributed by atoms with Gasteiger partial charge < -0.3 is 4.90 Å². The smallest absolute Gasteiger partial charge is 0.233 e. The second-order valence-corrected chi connectivity index (χ2v) is 5.67. The number of benzene rings is 1. The quantitative estimate of drug-likeness (QED) is 0.493. The van der Waals surface area contributed by atoms with Gasteiger partial charge in [-0.1, -0.05) is 18.2 Å². The van der Waals surface area contributed by atoms with Crippen LogP contribution < -0.4 is 0 Å². The molecule has 5 heteroatoms. The average Bonchev–Trinajstić information content (AvgIpc) is 2.93. The zero-order chi connectivity index (χ0) is 16.4. The van der Waals surface area contributed by atoms with E-state index in [2.05, 4.69) is 4.98 Å². The number of rotatable bonds is 4. The summed E-state index contributed by atoms with van der Waals surface area (Å²) in [6.07, 6.45) is 4.45. The Labute approximate surface area is 134 Å². The van der Waals surface area contributed by atoms with Crippen LogP contribution in [0.15, 0.2) is 42.7 Å². The lowest BCUT2D eigenvalue weighted by Crippen LogP contribution is -2.27. The van der Waals surface area contributed by atoms with Crippen molar-refractivity contribution >= 4 is 18.0 Å². The second kappa shape index (κ2) is 6.12. The first kappa shape index (κ1) is 15.1. The van der Waals surface area contributed by atoms with Gasteiger partial charge in [-0.3, -0.25) is 19.4 Å². The summed E-state index contributed by atoms with van der Waals surface area (Å²) >= 11 is 0. The van der Waals surface area contributed by atoms with E-state index in [1.807, 2.05) is 6.07 Å². The van der Waals surface area contributed by atoms with E-state index >= 15 is 0 Å². The van der Waals surface area contributed by atoms with Gasteiger partial charge in [0.15, 0.2) is 5.78 Å². The molecule has 1 aliphatic rings. The van der Waals surface area contributed by atoms with Gasteiger partial charge in [-0.05, 0) is 24.1 Å². The average molecular weight is 308 g/mol. The largest absolute Gasteiger partial charge is 0.345 e. The van der Waals surface area contributed by atoms with Crippen LogP contribution in [0.25, 0.3) is 11.1 Å². The number of likely N-dealkylation sites (tertiary alicyclic amines) is 1. The van der Waals surface area contributed by atoms with Gasteiger partial charge in [0.1, 0.15) is 12.2 Å². The Morgan fingerprint density at radius 1 is 1.26 bits per heavy atom. The Balaban J connectivity index is 1.92. The predicted molar refractivity (Wildman–Crippen MR) is 85.1 cm³/mol. The number of nitrogens with zero attached hydrogens (tertiary/aromatic N) is 2. The molecule has 2 heterocycles. The van der Waals surface area contributed by atoms with Crippen LogP contribution in [-0.4, -0.2) is 41.5 Å². The van der Waals surface area contributed by atoms with Crippen LogP contribution in [0.4, 0.5) is 0 Å². The fourth-order valence-electron chi connectivity index (χ4n) is 2.79. The second-order valence-electron chi connectivity index (χ2n) is 5.67. The molecule has 0 N–H and O–H groups in total. The van der Waals surface area contributed by atoms with Crippen LogP contribution >= 0.6 is 0 Å². The molecule has 0 saturated carbocycles. The van der Waals surface area contributed by atoms with Gasteiger partial charge >= 0.3 is 0 Å². The van der Waals surface area contributed by atoms with E-state index in [0.29, 0.717) is 24.1 Å². The maximum absolute atomic E-state index is 12.6. The highest BCUT2D eigenvalue weighted by Crippen LogP contribution is 2.24. The highest BCUT2D eigenvalue weighted by molar-refractivity contribution is 6.11. The number of ketones is 1. The van der Waals surface area contributed by atoms with Crippen LogP contribution in [0, 0.1) is 5.92 Å². The topological polar surface area (TPSA) is 67.3 Å². The molecule has 5 nitrogen and oxygen atoms in total. The van der Waals surface area contributed by atoms with E-state index in [0.717, 1.165) is 17.4 Å². The molecule has 0 radical (unpaired) electrons. The number of Topliss-reactive ketones (excluding diaryl/α,β-unsaturated/α-hetero) is 1. The maximum Gasteiger partial charge on any atom is 0.233 e. The number of hydrogen-bond acceptors (Lipinski definition) is 4. The molecule has 1 atom stereocenters. The summed E-state index contributed by atoms with van der Waals surface area (Å²) in [5, 5.41) is 0. The molecular weight excluding hydrogens is 292 g/mol. The van der Waals surface area contributed by atoms with Crippen molar-refractivity contribution in [3.8, 4) is 11.1 Å². The zero-order valence-electron chi connectivity index (χ0n) is 12.7. The minimum atomic E-state index is -0.613. The van der Waals surface area contributed by atoms with E-state index in [-0.39, 0.29) is 11.7 Å². The first-order valence-corrected chi connectivity index (χ1v) is 7.40. The third-order valence-corrected chi connectivity index (χ3v) is 4.12. The number of carbonyl (C=O) groups is 3. The maximum atomic E-state index is 12.6. The monoisotopic (exact) mass is 308 g/mol. The van der Waals surface area contributed by atoms with Gasteiger partial charge in [-0.15, -0.1) is 0 Å². The third-order valence-electron chi connectivity index (χ3n) is 4.12. The summed E-state index contributed by atoms with van der Waals surface area (Å²) in [6, 6.07) is 8.82. The molecule has 1 aliphatic heterocycles. The summed E-state index contributed by atoms with van der Waals surface area (Å²) in [7, 11) is 1.70. The molecule has 3 rings (SSSR count). The summed E-state index contributed by atoms with van der Waals surface area (Å²) in [5.41, 5.74) is 2.55. The van der Waals surface area contributed by atoms with Crippen molar-refractivity contribution in [1.82, 2.24) is 9.88 Å². The molecule has 2 aromatic rings. The molecular formula is C18H16N2O3. The first-order chi connectivity index (χ1) is 11.1. The Morgan fingerprint density at radius 3 is 2.78 bits per heavy atom. The molecule has 1 unspecified atom stereocenters. The van der Waals surface area contributed by atoms with Gasteiger partial charge in [0, 0.05) is 42.7 Å². The molecule has 0 spiro atoms. The molecule has 0 aliphatic carbocycles. The fourth-order valence-corrected chi connectivity index (χ4v) is 2.79. The van der Waals surface area contributed by atoms with Crippen molar-refractivity contribution in [1.29, 1.82) is 0 Å². The van der Waals surface area contributed by atoms with Crippen LogP contribution in [0.2, 0.25) is 0 Å². The van der Waals surface area contributed by atoms with Gasteiger partial charge in [-0.25, -0.2) is 0 Å². The minimum Gasteiger partial charge on any atom is -0.345 e. The Bertz CT molecular complexity index is 785. The number of pyridine rings is 1. The minimum absolute atomic E-state index is 0.136. The number of amides is 1. The van der Waals surface area contributed by atoms with Gasteiger partial charge in [0.25, 0.3) is 0 Å². The van der Waals surface area contributed by atoms with Crippen molar-refractivity contribution in [2.45, 2.75) is 6.42 Å². The third kappa shape index (κ3) is 2.90. The molecule has 1 aromatic heterocycles. The Morgan fingerprint density at radius 2 is 2.09 bits per heavy atom. The SMILES string of the molecule is CN1CCC(C(=O)c2cncc(-c3cccc(C=O)c3)c2)C1=O. The molecule has 116 valence electrons. The summed E-state index contributed by atoms with van der Waals surface area (Å²) in [4.78, 5) is 41.2. The van der Waals surface area contributed by atoms with Crippen molar-refractivity contribution in [2.75, 3.05) is 13.6 Å². The molecule has 1 aromatic carbocycles. The molecule has 0 bridgehead atoms. The lowest BCUT2D eigenvalue weighted by molar-refractivity contribution is -0.128. The van der Waals surface area contributed by atoms with E-state index in [4.69, 9.17) is 0 Å². The number of hydrogen-bond donors (Lipinski definition) is 0. The van der Waals surface area contributed by atoms with Crippen molar-refractivity contribution in [3.63, 3.8) is 0 Å². The lowest BCUT2D eigenvalue weighted by Gasteiger charge is -2.10. The van der Waals surface area contributed by atoms with Crippen molar-refractivity contribution < 1.29 is 14.4 Å². The van der Waals surface area contributed by atoms with Crippen LogP contribution in [-0.2, 0) is 4.79 Å². The first-order valence-electron chi connectivity index (χ1n) is 7.40. The fraction of sp³-hybridized carbons (Fsp3) is 0.222. The Hall–Kier alpha value is -2.82. The molecule has 23 heavy (non-hydrogen) atoms.